The number of amides is 1. The first-order chi connectivity index (χ1) is 12.8. The van der Waals surface area contributed by atoms with Gasteiger partial charge in [-0.05, 0) is 37.8 Å². The molecule has 2 saturated heterocycles. The average molecular weight is 354 g/mol. The summed E-state index contributed by atoms with van der Waals surface area (Å²) in [6.45, 7) is 3.79. The predicted octanol–water partition coefficient (Wildman–Crippen LogP) is 2.46. The van der Waals surface area contributed by atoms with Crippen LogP contribution in [0.2, 0.25) is 0 Å². The van der Waals surface area contributed by atoms with E-state index >= 15 is 0 Å². The maximum absolute atomic E-state index is 12.9. The zero-order valence-corrected chi connectivity index (χ0v) is 15.1. The molecule has 1 amide bonds. The molecule has 0 radical (unpaired) electrons. The third kappa shape index (κ3) is 3.80. The van der Waals surface area contributed by atoms with Crippen molar-refractivity contribution in [2.45, 2.75) is 38.1 Å². The Morgan fingerprint density at radius 2 is 2.04 bits per heavy atom. The highest BCUT2D eigenvalue weighted by Gasteiger charge is 2.31. The number of carbonyl (C=O) groups is 1. The maximum atomic E-state index is 12.9. The Labute approximate surface area is 154 Å². The molecular weight excluding hydrogens is 328 g/mol. The minimum atomic E-state index is 0.135. The summed E-state index contributed by atoms with van der Waals surface area (Å²) in [6.07, 6.45) is 9.52. The predicted molar refractivity (Wildman–Crippen MR) is 97.7 cm³/mol. The van der Waals surface area contributed by atoms with Crippen LogP contribution in [0.3, 0.4) is 0 Å². The molecule has 2 aliphatic rings. The van der Waals surface area contributed by atoms with Gasteiger partial charge in [-0.1, -0.05) is 6.07 Å². The lowest BCUT2D eigenvalue weighted by molar-refractivity contribution is -0.139. The number of nitrogens with zero attached hydrogens (tertiary/aromatic N) is 4. The molecule has 6 heteroatoms. The molecule has 0 spiro atoms. The van der Waals surface area contributed by atoms with E-state index < -0.39 is 0 Å². The van der Waals surface area contributed by atoms with Crippen molar-refractivity contribution in [3.8, 4) is 0 Å². The molecule has 0 unspecified atom stereocenters. The summed E-state index contributed by atoms with van der Waals surface area (Å²) in [5.41, 5.74) is 1.03. The first kappa shape index (κ1) is 17.2. The van der Waals surface area contributed by atoms with Gasteiger partial charge in [0.05, 0.1) is 12.2 Å². The lowest BCUT2D eigenvalue weighted by Gasteiger charge is -2.35. The second-order valence-electron chi connectivity index (χ2n) is 7.24. The number of likely N-dealkylation sites (tertiary alicyclic amines) is 1. The van der Waals surface area contributed by atoms with E-state index in [1.165, 1.54) is 0 Å². The van der Waals surface area contributed by atoms with Gasteiger partial charge in [0, 0.05) is 56.7 Å². The van der Waals surface area contributed by atoms with Gasteiger partial charge in [-0.25, -0.2) is 4.98 Å². The van der Waals surface area contributed by atoms with Crippen LogP contribution in [0.4, 0.5) is 0 Å². The summed E-state index contributed by atoms with van der Waals surface area (Å²) in [7, 11) is 0. The fourth-order valence-electron chi connectivity index (χ4n) is 4.07. The van der Waals surface area contributed by atoms with Crippen LogP contribution >= 0.6 is 0 Å². The molecule has 0 bridgehead atoms. The summed E-state index contributed by atoms with van der Waals surface area (Å²) in [5, 5.41) is 0. The molecular formula is C20H26N4O2. The largest absolute Gasteiger partial charge is 0.381 e. The standard InChI is InChI=1S/C20H26N4O2/c25-20(16-6-12-26-13-7-16)24-10-3-4-17(14-24)19-22-9-11-23(19)15-18-5-1-2-8-21-18/h1-2,5,8-9,11,16-17H,3-4,6-7,10,12-15H2/t17-/m0/s1. The Kier molecular flexibility index (Phi) is 5.29. The quantitative estimate of drug-likeness (QED) is 0.846. The lowest BCUT2D eigenvalue weighted by Crippen LogP contribution is -2.44. The molecule has 2 aromatic rings. The third-order valence-electron chi connectivity index (χ3n) is 5.47. The maximum Gasteiger partial charge on any atom is 0.225 e. The van der Waals surface area contributed by atoms with E-state index in [9.17, 15) is 4.79 Å². The number of rotatable bonds is 4. The van der Waals surface area contributed by atoms with E-state index in [2.05, 4.69) is 19.4 Å². The van der Waals surface area contributed by atoms with E-state index in [1.807, 2.05) is 36.8 Å². The second kappa shape index (κ2) is 7.99. The molecule has 0 aliphatic carbocycles. The van der Waals surface area contributed by atoms with Crippen molar-refractivity contribution < 1.29 is 9.53 Å². The van der Waals surface area contributed by atoms with Crippen LogP contribution in [0.25, 0.3) is 0 Å². The van der Waals surface area contributed by atoms with Crippen LogP contribution in [-0.2, 0) is 16.1 Å². The summed E-state index contributed by atoms with van der Waals surface area (Å²) in [5.74, 6) is 1.81. The molecule has 1 atom stereocenters. The molecule has 26 heavy (non-hydrogen) atoms. The van der Waals surface area contributed by atoms with Gasteiger partial charge in [0.1, 0.15) is 5.82 Å². The van der Waals surface area contributed by atoms with Gasteiger partial charge in [0.2, 0.25) is 5.91 Å². The minimum Gasteiger partial charge on any atom is -0.381 e. The van der Waals surface area contributed by atoms with Crippen LogP contribution in [-0.4, -0.2) is 51.6 Å². The van der Waals surface area contributed by atoms with Gasteiger partial charge in [0.25, 0.3) is 0 Å². The molecule has 0 saturated carbocycles. The molecule has 6 nitrogen and oxygen atoms in total. The fourth-order valence-corrected chi connectivity index (χ4v) is 4.07. The molecule has 138 valence electrons. The van der Waals surface area contributed by atoms with Crippen molar-refractivity contribution in [1.82, 2.24) is 19.4 Å². The Morgan fingerprint density at radius 1 is 1.15 bits per heavy atom. The van der Waals surface area contributed by atoms with Gasteiger partial charge < -0.3 is 14.2 Å². The number of hydrogen-bond donors (Lipinski definition) is 0. The number of pyridine rings is 1. The van der Waals surface area contributed by atoms with Crippen LogP contribution in [0.1, 0.15) is 43.1 Å². The van der Waals surface area contributed by atoms with Gasteiger partial charge >= 0.3 is 0 Å². The summed E-state index contributed by atoms with van der Waals surface area (Å²) < 4.78 is 7.58. The molecule has 0 N–H and O–H groups in total. The normalized spacial score (nSPS) is 21.7. The molecule has 0 aromatic carbocycles. The summed E-state index contributed by atoms with van der Waals surface area (Å²) in [6, 6.07) is 5.97. The van der Waals surface area contributed by atoms with Crippen LogP contribution in [0, 0.1) is 5.92 Å². The van der Waals surface area contributed by atoms with Crippen LogP contribution < -0.4 is 0 Å². The van der Waals surface area contributed by atoms with E-state index in [1.54, 1.807) is 0 Å². The van der Waals surface area contributed by atoms with E-state index in [-0.39, 0.29) is 5.92 Å². The fraction of sp³-hybridized carbons (Fsp3) is 0.550. The zero-order chi connectivity index (χ0) is 17.8. The van der Waals surface area contributed by atoms with Gasteiger partial charge in [-0.3, -0.25) is 9.78 Å². The monoisotopic (exact) mass is 354 g/mol. The zero-order valence-electron chi connectivity index (χ0n) is 15.1. The van der Waals surface area contributed by atoms with Crippen LogP contribution in [0.15, 0.2) is 36.8 Å². The van der Waals surface area contributed by atoms with E-state index in [0.29, 0.717) is 25.0 Å². The Balaban J connectivity index is 1.45. The van der Waals surface area contributed by atoms with Crippen molar-refractivity contribution in [2.75, 3.05) is 26.3 Å². The number of ether oxygens (including phenoxy) is 1. The van der Waals surface area contributed by atoms with E-state index in [0.717, 1.165) is 56.8 Å². The molecule has 4 heterocycles. The number of aromatic nitrogens is 3. The van der Waals surface area contributed by atoms with Gasteiger partial charge in [-0.15, -0.1) is 0 Å². The Bertz CT molecular complexity index is 724. The van der Waals surface area contributed by atoms with Crippen molar-refractivity contribution in [2.24, 2.45) is 5.92 Å². The third-order valence-corrected chi connectivity index (χ3v) is 5.47. The average Bonchev–Trinajstić information content (AvgIpc) is 3.17. The van der Waals surface area contributed by atoms with Crippen LogP contribution in [0.5, 0.6) is 0 Å². The smallest absolute Gasteiger partial charge is 0.225 e. The van der Waals surface area contributed by atoms with Crippen molar-refractivity contribution in [3.63, 3.8) is 0 Å². The molecule has 2 aromatic heterocycles. The number of hydrogen-bond acceptors (Lipinski definition) is 4. The van der Waals surface area contributed by atoms with E-state index in [4.69, 9.17) is 4.74 Å². The minimum absolute atomic E-state index is 0.135. The lowest BCUT2D eigenvalue weighted by atomic mass is 9.93. The first-order valence-electron chi connectivity index (χ1n) is 9.59. The second-order valence-corrected chi connectivity index (χ2v) is 7.24. The van der Waals surface area contributed by atoms with Crippen molar-refractivity contribution >= 4 is 5.91 Å². The molecule has 4 rings (SSSR count). The highest BCUT2D eigenvalue weighted by molar-refractivity contribution is 5.79. The highest BCUT2D eigenvalue weighted by atomic mass is 16.5. The summed E-state index contributed by atoms with van der Waals surface area (Å²) in [4.78, 5) is 24.0. The van der Waals surface area contributed by atoms with Gasteiger partial charge in [0.15, 0.2) is 0 Å². The first-order valence-corrected chi connectivity index (χ1v) is 9.59. The number of imidazole rings is 1. The number of carbonyl (C=O) groups excluding carboxylic acids is 1. The topological polar surface area (TPSA) is 60.2 Å². The SMILES string of the molecule is O=C(C1CCOCC1)N1CCC[C@H](c2nccn2Cc2ccccn2)C1. The Morgan fingerprint density at radius 3 is 2.85 bits per heavy atom. The number of piperidine rings is 1. The highest BCUT2D eigenvalue weighted by Crippen LogP contribution is 2.28. The molecule has 2 aliphatic heterocycles. The van der Waals surface area contributed by atoms with Crippen molar-refractivity contribution in [1.29, 1.82) is 0 Å². The Hall–Kier alpha value is -2.21. The molecule has 2 fully saturated rings. The summed E-state index contributed by atoms with van der Waals surface area (Å²) >= 11 is 0. The van der Waals surface area contributed by atoms with Crippen molar-refractivity contribution in [3.05, 3.63) is 48.3 Å². The van der Waals surface area contributed by atoms with Gasteiger partial charge in [-0.2, -0.15) is 0 Å².